The van der Waals surface area contributed by atoms with Gasteiger partial charge in [0, 0.05) is 22.3 Å². The Hall–Kier alpha value is -1.48. The lowest BCUT2D eigenvalue weighted by Crippen LogP contribution is -1.99. The Kier molecular flexibility index (Phi) is 4.86. The molecule has 0 fully saturated rings. The molecule has 0 spiro atoms. The maximum Gasteiger partial charge on any atom is 0.120 e. The number of hydrogen-bond acceptors (Lipinski definition) is 2. The molecule has 0 heterocycles. The van der Waals surface area contributed by atoms with E-state index >= 15 is 0 Å². The standard InChI is InChI=1S/C16H18BrNO/c1-2-3-12-4-7-15(8-5-12)18-11-13-10-14(17)6-9-16(13)19/h4-10,18-19H,2-3,11H2,1H3. The molecule has 0 aromatic heterocycles. The molecule has 0 saturated carbocycles. The van der Waals surface area contributed by atoms with Gasteiger partial charge in [-0.3, -0.25) is 0 Å². The third kappa shape index (κ3) is 4.00. The van der Waals surface area contributed by atoms with Crippen molar-refractivity contribution in [2.24, 2.45) is 0 Å². The van der Waals surface area contributed by atoms with Crippen LogP contribution in [0.1, 0.15) is 24.5 Å². The fourth-order valence-electron chi connectivity index (χ4n) is 1.97. The molecule has 0 atom stereocenters. The van der Waals surface area contributed by atoms with E-state index in [2.05, 4.69) is 52.4 Å². The van der Waals surface area contributed by atoms with Crippen LogP contribution < -0.4 is 5.32 Å². The van der Waals surface area contributed by atoms with Crippen molar-refractivity contribution in [3.05, 3.63) is 58.1 Å². The molecule has 0 bridgehead atoms. The summed E-state index contributed by atoms with van der Waals surface area (Å²) < 4.78 is 0.973. The van der Waals surface area contributed by atoms with Gasteiger partial charge >= 0.3 is 0 Å². The monoisotopic (exact) mass is 319 g/mol. The summed E-state index contributed by atoms with van der Waals surface area (Å²) in [7, 11) is 0. The maximum atomic E-state index is 9.77. The molecular formula is C16H18BrNO. The van der Waals surface area contributed by atoms with Crippen molar-refractivity contribution in [2.45, 2.75) is 26.3 Å². The highest BCUT2D eigenvalue weighted by atomic mass is 79.9. The topological polar surface area (TPSA) is 32.3 Å². The van der Waals surface area contributed by atoms with Crippen molar-refractivity contribution in [1.29, 1.82) is 0 Å². The molecule has 2 N–H and O–H groups in total. The maximum absolute atomic E-state index is 9.77. The minimum Gasteiger partial charge on any atom is -0.508 e. The minimum atomic E-state index is 0.318. The number of benzene rings is 2. The smallest absolute Gasteiger partial charge is 0.120 e. The van der Waals surface area contributed by atoms with Gasteiger partial charge in [-0.25, -0.2) is 0 Å². The molecule has 0 saturated heterocycles. The molecule has 19 heavy (non-hydrogen) atoms. The van der Waals surface area contributed by atoms with Gasteiger partial charge in [0.1, 0.15) is 5.75 Å². The van der Waals surface area contributed by atoms with Gasteiger partial charge in [0.25, 0.3) is 0 Å². The second kappa shape index (κ2) is 6.62. The van der Waals surface area contributed by atoms with Crippen LogP contribution in [0.2, 0.25) is 0 Å². The highest BCUT2D eigenvalue weighted by Gasteiger charge is 2.02. The quantitative estimate of drug-likeness (QED) is 0.835. The van der Waals surface area contributed by atoms with E-state index in [-0.39, 0.29) is 0 Å². The third-order valence-corrected chi connectivity index (χ3v) is 3.51. The fourth-order valence-corrected chi connectivity index (χ4v) is 2.38. The zero-order valence-electron chi connectivity index (χ0n) is 11.0. The average Bonchev–Trinajstić information content (AvgIpc) is 2.42. The van der Waals surface area contributed by atoms with E-state index in [0.29, 0.717) is 12.3 Å². The molecule has 0 unspecified atom stereocenters. The fraction of sp³-hybridized carbons (Fsp3) is 0.250. The SMILES string of the molecule is CCCc1ccc(NCc2cc(Br)ccc2O)cc1. The Labute approximate surface area is 122 Å². The highest BCUT2D eigenvalue weighted by Crippen LogP contribution is 2.23. The number of hydrogen-bond donors (Lipinski definition) is 2. The van der Waals surface area contributed by atoms with Gasteiger partial charge in [0.2, 0.25) is 0 Å². The molecule has 100 valence electrons. The summed E-state index contributed by atoms with van der Waals surface area (Å²) in [6.07, 6.45) is 2.28. The summed E-state index contributed by atoms with van der Waals surface area (Å²) in [6, 6.07) is 13.9. The number of aryl methyl sites for hydroxylation is 1. The molecule has 2 rings (SSSR count). The Balaban J connectivity index is 2.00. The highest BCUT2D eigenvalue weighted by molar-refractivity contribution is 9.10. The zero-order chi connectivity index (χ0) is 13.7. The number of halogens is 1. The lowest BCUT2D eigenvalue weighted by Gasteiger charge is -2.09. The molecule has 0 aliphatic heterocycles. The normalized spacial score (nSPS) is 10.4. The molecule has 0 radical (unpaired) electrons. The second-order valence-electron chi connectivity index (χ2n) is 4.57. The van der Waals surface area contributed by atoms with Crippen LogP contribution in [0.15, 0.2) is 46.9 Å². The van der Waals surface area contributed by atoms with Gasteiger partial charge in [-0.1, -0.05) is 41.4 Å². The second-order valence-corrected chi connectivity index (χ2v) is 5.49. The zero-order valence-corrected chi connectivity index (χ0v) is 12.6. The Morgan fingerprint density at radius 3 is 2.53 bits per heavy atom. The lowest BCUT2D eigenvalue weighted by atomic mass is 10.1. The first-order valence-electron chi connectivity index (χ1n) is 6.49. The van der Waals surface area contributed by atoms with E-state index in [0.717, 1.165) is 22.1 Å². The largest absolute Gasteiger partial charge is 0.508 e. The van der Waals surface area contributed by atoms with Crippen molar-refractivity contribution >= 4 is 21.6 Å². The predicted octanol–water partition coefficient (Wildman–Crippen LogP) is 4.72. The summed E-state index contributed by atoms with van der Waals surface area (Å²) in [6.45, 7) is 2.79. The van der Waals surface area contributed by atoms with E-state index < -0.39 is 0 Å². The number of phenols is 1. The molecule has 0 amide bonds. The van der Waals surface area contributed by atoms with Gasteiger partial charge in [-0.05, 0) is 42.3 Å². The number of anilines is 1. The van der Waals surface area contributed by atoms with Gasteiger partial charge in [-0.2, -0.15) is 0 Å². The van der Waals surface area contributed by atoms with Crippen LogP contribution in [0, 0.1) is 0 Å². The van der Waals surface area contributed by atoms with Crippen molar-refractivity contribution in [3.63, 3.8) is 0 Å². The average molecular weight is 320 g/mol. The molecule has 2 aromatic carbocycles. The van der Waals surface area contributed by atoms with Gasteiger partial charge in [-0.15, -0.1) is 0 Å². The van der Waals surface area contributed by atoms with E-state index in [1.54, 1.807) is 6.07 Å². The van der Waals surface area contributed by atoms with Gasteiger partial charge in [0.05, 0.1) is 0 Å². The summed E-state index contributed by atoms with van der Waals surface area (Å²) in [5.41, 5.74) is 3.31. The molecule has 3 heteroatoms. The molecule has 0 aliphatic carbocycles. The Bertz CT molecular complexity index is 537. The van der Waals surface area contributed by atoms with Crippen LogP contribution in [-0.4, -0.2) is 5.11 Å². The molecule has 2 aromatic rings. The molecule has 2 nitrogen and oxygen atoms in total. The Morgan fingerprint density at radius 2 is 1.84 bits per heavy atom. The van der Waals surface area contributed by atoms with Crippen molar-refractivity contribution in [3.8, 4) is 5.75 Å². The van der Waals surface area contributed by atoms with Crippen LogP contribution in [-0.2, 0) is 13.0 Å². The van der Waals surface area contributed by atoms with E-state index in [4.69, 9.17) is 0 Å². The minimum absolute atomic E-state index is 0.318. The van der Waals surface area contributed by atoms with Gasteiger partial charge < -0.3 is 10.4 Å². The van der Waals surface area contributed by atoms with E-state index in [1.807, 2.05) is 12.1 Å². The first kappa shape index (κ1) is 13.9. The molecular weight excluding hydrogens is 302 g/mol. The first-order valence-corrected chi connectivity index (χ1v) is 7.28. The number of rotatable bonds is 5. The third-order valence-electron chi connectivity index (χ3n) is 3.02. The van der Waals surface area contributed by atoms with Crippen LogP contribution in [0.5, 0.6) is 5.75 Å². The number of aromatic hydroxyl groups is 1. The first-order chi connectivity index (χ1) is 9.19. The van der Waals surface area contributed by atoms with E-state index in [9.17, 15) is 5.11 Å². The van der Waals surface area contributed by atoms with Crippen molar-refractivity contribution in [1.82, 2.24) is 0 Å². The Morgan fingerprint density at radius 1 is 1.11 bits per heavy atom. The summed E-state index contributed by atoms with van der Waals surface area (Å²) in [4.78, 5) is 0. The van der Waals surface area contributed by atoms with Crippen LogP contribution in [0.3, 0.4) is 0 Å². The summed E-state index contributed by atoms with van der Waals surface area (Å²) in [5.74, 6) is 0.318. The van der Waals surface area contributed by atoms with Crippen molar-refractivity contribution < 1.29 is 5.11 Å². The lowest BCUT2D eigenvalue weighted by molar-refractivity contribution is 0.469. The predicted molar refractivity (Wildman–Crippen MR) is 83.6 cm³/mol. The van der Waals surface area contributed by atoms with Crippen LogP contribution in [0.4, 0.5) is 5.69 Å². The number of phenolic OH excluding ortho intramolecular Hbond substituents is 1. The summed E-state index contributed by atoms with van der Waals surface area (Å²) >= 11 is 3.41. The van der Waals surface area contributed by atoms with Gasteiger partial charge in [0.15, 0.2) is 0 Å². The molecule has 0 aliphatic rings. The van der Waals surface area contributed by atoms with E-state index in [1.165, 1.54) is 12.0 Å². The van der Waals surface area contributed by atoms with Crippen LogP contribution >= 0.6 is 15.9 Å². The van der Waals surface area contributed by atoms with Crippen LogP contribution in [0.25, 0.3) is 0 Å². The van der Waals surface area contributed by atoms with Crippen molar-refractivity contribution in [2.75, 3.05) is 5.32 Å². The number of nitrogens with one attached hydrogen (secondary N) is 1. The summed E-state index contributed by atoms with van der Waals surface area (Å²) in [5, 5.41) is 13.1.